The summed E-state index contributed by atoms with van der Waals surface area (Å²) < 4.78 is 50.7. The van der Waals surface area contributed by atoms with E-state index in [1.54, 1.807) is 0 Å². The standard InChI is InChI=1S/C19H17F3N6O3S/c1-23-16(29)25-17-24-12-6-11-7-30-8-13(14(12)32-17)28(11)18-27-26-15(31-18)9-3-2-4-10(5-9)19(20,21)22/h2-5,11,13H,6-8H2,1H3,(H2,23,24,25,29). The van der Waals surface area contributed by atoms with Gasteiger partial charge in [0, 0.05) is 19.0 Å². The van der Waals surface area contributed by atoms with Crippen molar-refractivity contribution in [3.8, 4) is 11.5 Å². The van der Waals surface area contributed by atoms with Crippen molar-refractivity contribution in [1.82, 2.24) is 20.5 Å². The molecule has 1 aromatic carbocycles. The number of nitrogens with one attached hydrogen (secondary N) is 2. The Hall–Kier alpha value is -3.19. The fourth-order valence-electron chi connectivity index (χ4n) is 3.85. The quantitative estimate of drug-likeness (QED) is 0.609. The van der Waals surface area contributed by atoms with Crippen molar-refractivity contribution in [3.05, 3.63) is 40.4 Å². The number of rotatable bonds is 3. The van der Waals surface area contributed by atoms with Crippen molar-refractivity contribution < 1.29 is 27.1 Å². The van der Waals surface area contributed by atoms with Gasteiger partial charge in [0.05, 0.1) is 41.4 Å². The fourth-order valence-corrected chi connectivity index (χ4v) is 4.92. The van der Waals surface area contributed by atoms with Gasteiger partial charge in [-0.1, -0.05) is 22.5 Å². The highest BCUT2D eigenvalue weighted by Crippen LogP contribution is 2.43. The molecular formula is C19H17F3N6O3S. The SMILES string of the molecule is CNC(=O)Nc1nc2c(s1)C1COCC(C2)N1c1nnc(-c2cccc(C(F)(F)F)c2)o1. The number of hydrogen-bond acceptors (Lipinski definition) is 8. The summed E-state index contributed by atoms with van der Waals surface area (Å²) in [6.45, 7) is 0.763. The smallest absolute Gasteiger partial charge is 0.403 e. The number of hydrogen-bond donors (Lipinski definition) is 2. The van der Waals surface area contributed by atoms with Crippen molar-refractivity contribution in [3.63, 3.8) is 0 Å². The van der Waals surface area contributed by atoms with Gasteiger partial charge in [-0.05, 0) is 18.2 Å². The van der Waals surface area contributed by atoms with Crippen molar-refractivity contribution in [2.45, 2.75) is 24.7 Å². The van der Waals surface area contributed by atoms with Gasteiger partial charge < -0.3 is 19.4 Å². The molecule has 9 nitrogen and oxygen atoms in total. The van der Waals surface area contributed by atoms with E-state index in [2.05, 4.69) is 25.8 Å². The molecule has 5 rings (SSSR count). The van der Waals surface area contributed by atoms with Crippen LogP contribution in [0.2, 0.25) is 0 Å². The number of thiazole rings is 1. The third-order valence-electron chi connectivity index (χ3n) is 5.29. The van der Waals surface area contributed by atoms with Crippen LogP contribution < -0.4 is 15.5 Å². The number of halogens is 3. The molecular weight excluding hydrogens is 449 g/mol. The summed E-state index contributed by atoms with van der Waals surface area (Å²) in [5, 5.41) is 13.7. The molecule has 2 bridgehead atoms. The molecule has 3 aromatic rings. The molecule has 2 aliphatic rings. The minimum Gasteiger partial charge on any atom is -0.403 e. The fraction of sp³-hybridized carbons (Fsp3) is 0.368. The molecule has 2 aromatic heterocycles. The number of morpholine rings is 1. The molecule has 32 heavy (non-hydrogen) atoms. The number of fused-ring (bicyclic) bond motifs is 4. The Bertz CT molecular complexity index is 1160. The van der Waals surface area contributed by atoms with Gasteiger partial charge >= 0.3 is 18.2 Å². The van der Waals surface area contributed by atoms with Crippen LogP contribution in [0, 0.1) is 0 Å². The van der Waals surface area contributed by atoms with Gasteiger partial charge in [-0.15, -0.1) is 5.10 Å². The summed E-state index contributed by atoms with van der Waals surface area (Å²) in [5.74, 6) is 0.00201. The first-order valence-corrected chi connectivity index (χ1v) is 10.5. The molecule has 2 unspecified atom stereocenters. The van der Waals surface area contributed by atoms with Crippen molar-refractivity contribution in [1.29, 1.82) is 0 Å². The highest BCUT2D eigenvalue weighted by Gasteiger charge is 2.43. The Morgan fingerprint density at radius 3 is 2.91 bits per heavy atom. The molecule has 0 saturated carbocycles. The first kappa shape index (κ1) is 20.7. The summed E-state index contributed by atoms with van der Waals surface area (Å²) in [5.41, 5.74) is 0.268. The van der Waals surface area contributed by atoms with Crippen LogP contribution in [0.4, 0.5) is 29.1 Å². The molecule has 168 valence electrons. The van der Waals surface area contributed by atoms with E-state index >= 15 is 0 Å². The number of aromatic nitrogens is 3. The third kappa shape index (κ3) is 3.66. The van der Waals surface area contributed by atoms with E-state index in [9.17, 15) is 18.0 Å². The summed E-state index contributed by atoms with van der Waals surface area (Å²) in [6, 6.07) is 4.21. The Morgan fingerprint density at radius 2 is 2.12 bits per heavy atom. The second kappa shape index (κ2) is 7.74. The van der Waals surface area contributed by atoms with Crippen LogP contribution in [0.1, 0.15) is 22.2 Å². The largest absolute Gasteiger partial charge is 0.416 e. The van der Waals surface area contributed by atoms with E-state index in [1.165, 1.54) is 30.5 Å². The first-order chi connectivity index (χ1) is 15.3. The lowest BCUT2D eigenvalue weighted by atomic mass is 9.97. The van der Waals surface area contributed by atoms with E-state index in [0.29, 0.717) is 24.8 Å². The number of anilines is 2. The van der Waals surface area contributed by atoms with Crippen LogP contribution in [0.3, 0.4) is 0 Å². The number of ether oxygens (including phenoxy) is 1. The number of carbonyl (C=O) groups is 1. The molecule has 13 heteroatoms. The van der Waals surface area contributed by atoms with Crippen molar-refractivity contribution in [2.24, 2.45) is 0 Å². The molecule has 2 N–H and O–H groups in total. The molecule has 1 saturated heterocycles. The number of alkyl halides is 3. The predicted molar refractivity (Wildman–Crippen MR) is 108 cm³/mol. The molecule has 2 atom stereocenters. The zero-order chi connectivity index (χ0) is 22.5. The minimum atomic E-state index is -4.47. The number of benzene rings is 1. The van der Waals surface area contributed by atoms with Crippen LogP contribution in [0.15, 0.2) is 28.7 Å². The van der Waals surface area contributed by atoms with E-state index in [0.717, 1.165) is 22.7 Å². The monoisotopic (exact) mass is 466 g/mol. The Balaban J connectivity index is 1.45. The average Bonchev–Trinajstić information content (AvgIpc) is 3.40. The maximum Gasteiger partial charge on any atom is 0.416 e. The normalized spacial score (nSPS) is 20.1. The van der Waals surface area contributed by atoms with Crippen LogP contribution in [-0.4, -0.2) is 47.5 Å². The minimum absolute atomic E-state index is 0.00201. The topological polar surface area (TPSA) is 105 Å². The maximum absolute atomic E-state index is 13.1. The van der Waals surface area contributed by atoms with Crippen molar-refractivity contribution >= 4 is 28.5 Å². The second-order valence-electron chi connectivity index (χ2n) is 7.32. The van der Waals surface area contributed by atoms with E-state index in [1.807, 2.05) is 4.90 Å². The molecule has 0 aliphatic carbocycles. The molecule has 0 spiro atoms. The van der Waals surface area contributed by atoms with Crippen LogP contribution in [-0.2, 0) is 17.3 Å². The van der Waals surface area contributed by atoms with E-state index in [-0.39, 0.29) is 35.6 Å². The lowest BCUT2D eigenvalue weighted by Crippen LogP contribution is -2.51. The molecule has 1 fully saturated rings. The summed E-state index contributed by atoms with van der Waals surface area (Å²) >= 11 is 1.33. The highest BCUT2D eigenvalue weighted by molar-refractivity contribution is 7.16. The average molecular weight is 466 g/mol. The summed E-state index contributed by atoms with van der Waals surface area (Å²) in [6.07, 6.45) is -3.93. The van der Waals surface area contributed by atoms with Crippen LogP contribution >= 0.6 is 11.3 Å². The third-order valence-corrected chi connectivity index (χ3v) is 6.41. The Morgan fingerprint density at radius 1 is 1.28 bits per heavy atom. The number of amides is 2. The van der Waals surface area contributed by atoms with E-state index < -0.39 is 11.7 Å². The Labute approximate surface area is 183 Å². The zero-order valence-corrected chi connectivity index (χ0v) is 17.5. The highest BCUT2D eigenvalue weighted by atomic mass is 32.1. The zero-order valence-electron chi connectivity index (χ0n) is 16.6. The number of carbonyl (C=O) groups excluding carboxylic acids is 1. The number of urea groups is 1. The van der Waals surface area contributed by atoms with Gasteiger partial charge in [-0.3, -0.25) is 5.32 Å². The lowest BCUT2D eigenvalue weighted by molar-refractivity contribution is -0.137. The second-order valence-corrected chi connectivity index (χ2v) is 8.35. The summed E-state index contributed by atoms with van der Waals surface area (Å²) in [4.78, 5) is 19.0. The van der Waals surface area contributed by atoms with Gasteiger partial charge in [-0.25, -0.2) is 9.78 Å². The first-order valence-electron chi connectivity index (χ1n) is 9.69. The summed E-state index contributed by atoms with van der Waals surface area (Å²) in [7, 11) is 1.52. The van der Waals surface area contributed by atoms with Crippen molar-refractivity contribution in [2.75, 3.05) is 30.5 Å². The van der Waals surface area contributed by atoms with Gasteiger partial charge in [-0.2, -0.15) is 13.2 Å². The van der Waals surface area contributed by atoms with Gasteiger partial charge in [0.25, 0.3) is 0 Å². The Kier molecular flexibility index (Phi) is 5.01. The lowest BCUT2D eigenvalue weighted by Gasteiger charge is -2.43. The van der Waals surface area contributed by atoms with Crippen LogP contribution in [0.25, 0.3) is 11.5 Å². The predicted octanol–water partition coefficient (Wildman–Crippen LogP) is 3.47. The molecule has 2 amide bonds. The van der Waals surface area contributed by atoms with Gasteiger partial charge in [0.15, 0.2) is 5.13 Å². The number of nitrogens with zero attached hydrogens (tertiary/aromatic N) is 4. The van der Waals surface area contributed by atoms with E-state index in [4.69, 9.17) is 9.15 Å². The molecule has 0 radical (unpaired) electrons. The molecule has 4 heterocycles. The van der Waals surface area contributed by atoms with Gasteiger partial charge in [0.2, 0.25) is 5.89 Å². The maximum atomic E-state index is 13.1. The van der Waals surface area contributed by atoms with Gasteiger partial charge in [0.1, 0.15) is 0 Å². The van der Waals surface area contributed by atoms with Crippen LogP contribution in [0.5, 0.6) is 0 Å². The molecule has 2 aliphatic heterocycles.